The lowest BCUT2D eigenvalue weighted by Crippen LogP contribution is -2.37. The molecule has 142 valence electrons. The van der Waals surface area contributed by atoms with Crippen LogP contribution in [-0.4, -0.2) is 28.9 Å². The monoisotopic (exact) mass is 387 g/mol. The second kappa shape index (κ2) is 7.03. The molecule has 8 heteroatoms. The van der Waals surface area contributed by atoms with Gasteiger partial charge in [-0.3, -0.25) is 9.36 Å². The Balaban J connectivity index is 2.24. The maximum atomic E-state index is 13.2. The van der Waals surface area contributed by atoms with Gasteiger partial charge in [0.15, 0.2) is 0 Å². The van der Waals surface area contributed by atoms with Crippen molar-refractivity contribution in [3.8, 4) is 0 Å². The molecule has 0 bridgehead atoms. The molecule has 0 aliphatic rings. The van der Waals surface area contributed by atoms with Gasteiger partial charge in [0.1, 0.15) is 6.54 Å². The van der Waals surface area contributed by atoms with Crippen LogP contribution >= 0.6 is 0 Å². The molecule has 1 N–H and O–H groups in total. The third kappa shape index (κ3) is 3.40. The zero-order valence-corrected chi connectivity index (χ0v) is 16.2. The molecule has 0 spiro atoms. The molecule has 0 fully saturated rings. The average molecular weight is 387 g/mol. The van der Waals surface area contributed by atoms with E-state index in [1.807, 2.05) is 13.8 Å². The fraction of sp³-hybridized carbons (Fsp3) is 0.263. The van der Waals surface area contributed by atoms with E-state index in [1.165, 1.54) is 10.6 Å². The van der Waals surface area contributed by atoms with Crippen molar-refractivity contribution in [3.63, 3.8) is 0 Å². The Hall–Kier alpha value is -2.87. The van der Waals surface area contributed by atoms with Gasteiger partial charge in [-0.1, -0.05) is 30.3 Å². The summed E-state index contributed by atoms with van der Waals surface area (Å²) in [6.45, 7) is 5.04. The fourth-order valence-corrected chi connectivity index (χ4v) is 4.66. The molecule has 1 aromatic heterocycles. The molecule has 0 unspecified atom stereocenters. The number of carbonyl (C=O) groups is 1. The van der Waals surface area contributed by atoms with Gasteiger partial charge in [-0.15, -0.1) is 0 Å². The molecular formula is C19H21N3O4S. The number of aryl methyl sites for hydroxylation is 1. The minimum Gasteiger partial charge on any atom is -0.352 e. The Morgan fingerprint density at radius 3 is 2.26 bits per heavy atom. The number of carbonyl (C=O) groups excluding carboxylic acids is 1. The highest BCUT2D eigenvalue weighted by atomic mass is 32.2. The van der Waals surface area contributed by atoms with Crippen molar-refractivity contribution >= 4 is 27.0 Å². The highest BCUT2D eigenvalue weighted by molar-refractivity contribution is 7.90. The summed E-state index contributed by atoms with van der Waals surface area (Å²) in [5.74, 6) is -0.358. The van der Waals surface area contributed by atoms with Crippen molar-refractivity contribution in [1.29, 1.82) is 0 Å². The Morgan fingerprint density at radius 2 is 1.63 bits per heavy atom. The van der Waals surface area contributed by atoms with Gasteiger partial charge in [0.2, 0.25) is 5.91 Å². The van der Waals surface area contributed by atoms with Crippen LogP contribution in [0.25, 0.3) is 11.0 Å². The van der Waals surface area contributed by atoms with Crippen molar-refractivity contribution in [1.82, 2.24) is 13.9 Å². The van der Waals surface area contributed by atoms with E-state index in [1.54, 1.807) is 49.4 Å². The largest absolute Gasteiger partial charge is 0.352 e. The Labute approximate surface area is 157 Å². The van der Waals surface area contributed by atoms with Crippen LogP contribution in [0.3, 0.4) is 0 Å². The number of nitrogens with one attached hydrogen (secondary N) is 1. The number of amides is 1. The SMILES string of the molecule is Cc1ccccc1S(=O)(=O)n1c(=O)n(CC(=O)NC(C)C)c2ccccc21. The number of aromatic nitrogens is 2. The van der Waals surface area contributed by atoms with Crippen LogP contribution in [0.15, 0.2) is 58.2 Å². The normalized spacial score (nSPS) is 11.9. The van der Waals surface area contributed by atoms with Crippen LogP contribution in [0.4, 0.5) is 0 Å². The van der Waals surface area contributed by atoms with Gasteiger partial charge in [0, 0.05) is 6.04 Å². The van der Waals surface area contributed by atoms with Gasteiger partial charge in [-0.25, -0.2) is 13.2 Å². The third-order valence-corrected chi connectivity index (χ3v) is 6.01. The summed E-state index contributed by atoms with van der Waals surface area (Å²) in [7, 11) is -4.11. The quantitative estimate of drug-likeness (QED) is 0.724. The first-order valence-corrected chi connectivity index (χ1v) is 9.98. The van der Waals surface area contributed by atoms with Gasteiger partial charge in [-0.2, -0.15) is 3.97 Å². The van der Waals surface area contributed by atoms with E-state index in [0.717, 1.165) is 3.97 Å². The molecule has 0 saturated carbocycles. The van der Waals surface area contributed by atoms with Crippen LogP contribution in [0, 0.1) is 6.92 Å². The fourth-order valence-electron chi connectivity index (χ4n) is 3.02. The van der Waals surface area contributed by atoms with Crippen LogP contribution in [0.1, 0.15) is 19.4 Å². The minimum atomic E-state index is -4.11. The Kier molecular flexibility index (Phi) is 4.93. The number of benzene rings is 2. The molecule has 0 aliphatic carbocycles. The Bertz CT molecular complexity index is 1170. The van der Waals surface area contributed by atoms with E-state index in [-0.39, 0.29) is 28.9 Å². The molecule has 2 aromatic carbocycles. The van der Waals surface area contributed by atoms with E-state index in [4.69, 9.17) is 0 Å². The van der Waals surface area contributed by atoms with Gasteiger partial charge < -0.3 is 5.32 Å². The first-order chi connectivity index (χ1) is 12.7. The van der Waals surface area contributed by atoms with Crippen LogP contribution in [-0.2, 0) is 21.4 Å². The van der Waals surface area contributed by atoms with Crippen molar-refractivity contribution in [2.45, 2.75) is 38.3 Å². The van der Waals surface area contributed by atoms with Crippen molar-refractivity contribution < 1.29 is 13.2 Å². The van der Waals surface area contributed by atoms with Crippen LogP contribution in [0.5, 0.6) is 0 Å². The van der Waals surface area contributed by atoms with E-state index in [9.17, 15) is 18.0 Å². The summed E-state index contributed by atoms with van der Waals surface area (Å²) in [6.07, 6.45) is 0. The summed E-state index contributed by atoms with van der Waals surface area (Å²) in [5, 5.41) is 2.71. The predicted molar refractivity (Wildman–Crippen MR) is 103 cm³/mol. The molecule has 0 saturated heterocycles. The molecular weight excluding hydrogens is 366 g/mol. The molecule has 0 radical (unpaired) electrons. The summed E-state index contributed by atoms with van der Waals surface area (Å²) < 4.78 is 28.4. The zero-order valence-electron chi connectivity index (χ0n) is 15.3. The number of rotatable bonds is 5. The first-order valence-electron chi connectivity index (χ1n) is 8.54. The number of hydrogen-bond acceptors (Lipinski definition) is 4. The summed E-state index contributed by atoms with van der Waals surface area (Å²) in [6, 6.07) is 12.9. The minimum absolute atomic E-state index is 0.0571. The molecule has 7 nitrogen and oxygen atoms in total. The highest BCUT2D eigenvalue weighted by Crippen LogP contribution is 2.21. The standard InChI is InChI=1S/C19H21N3O4S/c1-13(2)20-18(23)12-21-15-9-5-6-10-16(15)22(19(21)24)27(25,26)17-11-7-4-8-14(17)3/h4-11,13H,12H2,1-3H3,(H,20,23). The number of fused-ring (bicyclic) bond motifs is 1. The van der Waals surface area contributed by atoms with Gasteiger partial charge in [-0.05, 0) is 44.5 Å². The summed E-state index contributed by atoms with van der Waals surface area (Å²) >= 11 is 0. The van der Waals surface area contributed by atoms with Crippen LogP contribution < -0.4 is 11.0 Å². The van der Waals surface area contributed by atoms with Crippen molar-refractivity contribution in [2.75, 3.05) is 0 Å². The number of hydrogen-bond donors (Lipinski definition) is 1. The van der Waals surface area contributed by atoms with Gasteiger partial charge >= 0.3 is 5.69 Å². The van der Waals surface area contributed by atoms with E-state index in [2.05, 4.69) is 5.32 Å². The lowest BCUT2D eigenvalue weighted by atomic mass is 10.2. The molecule has 1 amide bonds. The van der Waals surface area contributed by atoms with Crippen LogP contribution in [0.2, 0.25) is 0 Å². The smallest absolute Gasteiger partial charge is 0.343 e. The molecule has 27 heavy (non-hydrogen) atoms. The zero-order chi connectivity index (χ0) is 19.8. The third-order valence-electron chi connectivity index (χ3n) is 4.16. The summed E-state index contributed by atoms with van der Waals surface area (Å²) in [5.41, 5.74) is 0.402. The number of imidazole rings is 1. The van der Waals surface area contributed by atoms with E-state index in [0.29, 0.717) is 11.1 Å². The maximum Gasteiger partial charge on any atom is 0.343 e. The van der Waals surface area contributed by atoms with E-state index >= 15 is 0 Å². The van der Waals surface area contributed by atoms with Crippen molar-refractivity contribution in [3.05, 3.63) is 64.6 Å². The molecule has 0 atom stereocenters. The second-order valence-corrected chi connectivity index (χ2v) is 8.37. The van der Waals surface area contributed by atoms with E-state index < -0.39 is 15.7 Å². The lowest BCUT2D eigenvalue weighted by molar-refractivity contribution is -0.122. The molecule has 3 rings (SSSR count). The molecule has 0 aliphatic heterocycles. The second-order valence-electron chi connectivity index (χ2n) is 6.61. The molecule has 3 aromatic rings. The summed E-state index contributed by atoms with van der Waals surface area (Å²) in [4.78, 5) is 25.2. The first kappa shape index (κ1) is 18.9. The number of para-hydroxylation sites is 2. The topological polar surface area (TPSA) is 90.2 Å². The average Bonchev–Trinajstić information content (AvgIpc) is 2.87. The number of nitrogens with zero attached hydrogens (tertiary/aromatic N) is 2. The van der Waals surface area contributed by atoms with Gasteiger partial charge in [0.25, 0.3) is 10.0 Å². The lowest BCUT2D eigenvalue weighted by Gasteiger charge is -2.09. The van der Waals surface area contributed by atoms with Crippen molar-refractivity contribution in [2.24, 2.45) is 0 Å². The molecule has 1 heterocycles. The van der Waals surface area contributed by atoms with Gasteiger partial charge in [0.05, 0.1) is 15.9 Å². The Morgan fingerprint density at radius 1 is 1.04 bits per heavy atom. The highest BCUT2D eigenvalue weighted by Gasteiger charge is 2.27. The predicted octanol–water partition coefficient (Wildman–Crippen LogP) is 1.87. The maximum absolute atomic E-state index is 13.2.